The molecule has 6 nitrogen and oxygen atoms in total. The van der Waals surface area contributed by atoms with E-state index in [4.69, 9.17) is 15.3 Å². The number of rotatable bonds is 3. The summed E-state index contributed by atoms with van der Waals surface area (Å²) in [4.78, 5) is 22.0. The zero-order chi connectivity index (χ0) is 16.5. The van der Waals surface area contributed by atoms with Crippen molar-refractivity contribution in [3.05, 3.63) is 17.7 Å². The van der Waals surface area contributed by atoms with Crippen LogP contribution in [0.3, 0.4) is 0 Å². The van der Waals surface area contributed by atoms with Crippen molar-refractivity contribution in [2.24, 2.45) is 0 Å². The van der Waals surface area contributed by atoms with Gasteiger partial charge in [0.05, 0.1) is 16.8 Å². The van der Waals surface area contributed by atoms with Crippen LogP contribution in [0.15, 0.2) is 12.1 Å². The summed E-state index contributed by atoms with van der Waals surface area (Å²) < 4.78 is 6.24. The second-order valence-corrected chi connectivity index (χ2v) is 6.97. The van der Waals surface area contributed by atoms with Crippen LogP contribution in [-0.2, 0) is 4.74 Å². The molecule has 0 aliphatic heterocycles. The van der Waals surface area contributed by atoms with Gasteiger partial charge in [-0.2, -0.15) is 0 Å². The van der Waals surface area contributed by atoms with Crippen LogP contribution in [0.2, 0.25) is 0 Å². The van der Waals surface area contributed by atoms with E-state index in [0.29, 0.717) is 17.4 Å². The van der Waals surface area contributed by atoms with E-state index in [1.807, 2.05) is 46.8 Å². The number of hydroxylamine groups is 2. The Bertz CT molecular complexity index is 691. The zero-order valence-electron chi connectivity index (χ0n) is 13.5. The Labute approximate surface area is 133 Å². The Balaban J connectivity index is 2.22. The lowest BCUT2D eigenvalue weighted by atomic mass is 10.2. The maximum Gasteiger partial charge on any atom is 0.443 e. The highest BCUT2D eigenvalue weighted by molar-refractivity contribution is 7.22. The number of hydrogen-bond acceptors (Lipinski definition) is 6. The minimum atomic E-state index is -0.570. The normalized spacial score (nSPS) is 11.5. The van der Waals surface area contributed by atoms with E-state index >= 15 is 0 Å². The zero-order valence-corrected chi connectivity index (χ0v) is 14.3. The first-order valence-electron chi connectivity index (χ1n) is 7.04. The van der Waals surface area contributed by atoms with Crippen LogP contribution in [0.5, 0.6) is 5.75 Å². The Kier molecular flexibility index (Phi) is 4.46. The average molecular weight is 323 g/mol. The number of thiazole rings is 1. The van der Waals surface area contributed by atoms with Gasteiger partial charge < -0.3 is 15.3 Å². The molecule has 7 heteroatoms. The van der Waals surface area contributed by atoms with Crippen LogP contribution in [-0.4, -0.2) is 28.3 Å². The first-order valence-corrected chi connectivity index (χ1v) is 7.86. The summed E-state index contributed by atoms with van der Waals surface area (Å²) in [6.45, 7) is 9.56. The Hall–Kier alpha value is -2.02. The molecule has 1 aromatic heterocycles. The summed E-state index contributed by atoms with van der Waals surface area (Å²) in [5.41, 5.74) is 6.97. The van der Waals surface area contributed by atoms with Crippen LogP contribution in [0.25, 0.3) is 10.2 Å². The molecule has 0 unspecified atom stereocenters. The number of benzene rings is 1. The number of nitrogen functional groups attached to an aromatic ring is 1. The number of nitrogens with two attached hydrogens (primary N) is 1. The molecule has 0 radical (unpaired) electrons. The fourth-order valence-electron chi connectivity index (χ4n) is 1.91. The number of amides is 1. The molecule has 120 valence electrons. The van der Waals surface area contributed by atoms with Gasteiger partial charge in [-0.1, -0.05) is 11.3 Å². The maximum absolute atomic E-state index is 12.1. The molecule has 0 saturated heterocycles. The first-order chi connectivity index (χ1) is 10.2. The average Bonchev–Trinajstić information content (AvgIpc) is 2.74. The Morgan fingerprint density at radius 1 is 1.41 bits per heavy atom. The van der Waals surface area contributed by atoms with Gasteiger partial charge >= 0.3 is 6.09 Å². The van der Waals surface area contributed by atoms with Crippen LogP contribution in [0.1, 0.15) is 33.3 Å². The van der Waals surface area contributed by atoms with Crippen molar-refractivity contribution in [2.75, 3.05) is 12.3 Å². The number of aromatic nitrogens is 1. The van der Waals surface area contributed by atoms with Crippen molar-refractivity contribution in [1.82, 2.24) is 10.0 Å². The predicted molar refractivity (Wildman–Crippen MR) is 88.0 cm³/mol. The number of aryl methyl sites for hydroxylation is 1. The number of carbonyl (C=O) groups is 1. The summed E-state index contributed by atoms with van der Waals surface area (Å²) in [6.07, 6.45) is -0.517. The summed E-state index contributed by atoms with van der Waals surface area (Å²) in [6, 6.07) is 3.65. The van der Waals surface area contributed by atoms with Crippen molar-refractivity contribution in [1.29, 1.82) is 0 Å². The topological polar surface area (TPSA) is 77.7 Å². The third kappa shape index (κ3) is 3.79. The van der Waals surface area contributed by atoms with E-state index in [1.54, 1.807) is 0 Å². The standard InChI is InChI=1S/C15H21N3O3S/c1-6-18(14(19)20-15(3,4)5)21-10-7-9(2)12-11(8-10)22-13(16)17-12/h7-8H,6H2,1-5H3,(H2,16,17). The SMILES string of the molecule is CCN(Oc1cc(C)c2nc(N)sc2c1)C(=O)OC(C)(C)C. The molecule has 0 fully saturated rings. The van der Waals surface area contributed by atoms with Gasteiger partial charge in [-0.25, -0.2) is 9.78 Å². The van der Waals surface area contributed by atoms with Gasteiger partial charge in [0.2, 0.25) is 0 Å². The lowest BCUT2D eigenvalue weighted by Gasteiger charge is -2.26. The largest absolute Gasteiger partial charge is 0.443 e. The van der Waals surface area contributed by atoms with E-state index in [0.717, 1.165) is 15.8 Å². The van der Waals surface area contributed by atoms with Crippen molar-refractivity contribution in [3.8, 4) is 5.75 Å². The second-order valence-electron chi connectivity index (χ2n) is 5.91. The molecule has 1 aromatic carbocycles. The summed E-state index contributed by atoms with van der Waals surface area (Å²) in [5.74, 6) is 0.557. The molecule has 0 atom stereocenters. The Morgan fingerprint density at radius 3 is 2.68 bits per heavy atom. The first kappa shape index (κ1) is 16.4. The van der Waals surface area contributed by atoms with Gasteiger partial charge in [-0.15, -0.1) is 5.06 Å². The molecule has 0 bridgehead atoms. The van der Waals surface area contributed by atoms with Gasteiger partial charge in [-0.3, -0.25) is 0 Å². The molecule has 0 aliphatic rings. The number of fused-ring (bicyclic) bond motifs is 1. The minimum absolute atomic E-state index is 0.372. The molecule has 2 aromatic rings. The lowest BCUT2D eigenvalue weighted by molar-refractivity contribution is -0.0693. The molecule has 1 heterocycles. The molecule has 2 rings (SSSR count). The van der Waals surface area contributed by atoms with E-state index in [-0.39, 0.29) is 0 Å². The molecular formula is C15H21N3O3S. The quantitative estimate of drug-likeness (QED) is 0.871. The van der Waals surface area contributed by atoms with Gasteiger partial charge in [0.1, 0.15) is 5.60 Å². The molecule has 2 N–H and O–H groups in total. The van der Waals surface area contributed by atoms with E-state index < -0.39 is 11.7 Å². The third-order valence-corrected chi connectivity index (χ3v) is 3.61. The van der Waals surface area contributed by atoms with Gasteiger partial charge in [0.15, 0.2) is 10.9 Å². The van der Waals surface area contributed by atoms with Crippen molar-refractivity contribution < 1.29 is 14.4 Å². The van der Waals surface area contributed by atoms with Gasteiger partial charge in [0, 0.05) is 6.07 Å². The van der Waals surface area contributed by atoms with Crippen LogP contribution >= 0.6 is 11.3 Å². The van der Waals surface area contributed by atoms with Crippen LogP contribution in [0, 0.1) is 6.92 Å². The highest BCUT2D eigenvalue weighted by Gasteiger charge is 2.23. The number of hydrogen-bond donors (Lipinski definition) is 1. The van der Waals surface area contributed by atoms with Crippen molar-refractivity contribution >= 4 is 32.8 Å². The fourth-order valence-corrected chi connectivity index (χ4v) is 2.75. The van der Waals surface area contributed by atoms with E-state index in [1.165, 1.54) is 16.4 Å². The minimum Gasteiger partial charge on any atom is -0.442 e. The maximum atomic E-state index is 12.1. The molecule has 0 aliphatic carbocycles. The highest BCUT2D eigenvalue weighted by atomic mass is 32.1. The smallest absolute Gasteiger partial charge is 0.442 e. The van der Waals surface area contributed by atoms with Crippen LogP contribution < -0.4 is 10.6 Å². The van der Waals surface area contributed by atoms with Crippen molar-refractivity contribution in [3.63, 3.8) is 0 Å². The molecule has 0 spiro atoms. The lowest BCUT2D eigenvalue weighted by Crippen LogP contribution is -2.38. The Morgan fingerprint density at radius 2 is 2.09 bits per heavy atom. The monoisotopic (exact) mass is 323 g/mol. The van der Waals surface area contributed by atoms with Gasteiger partial charge in [0.25, 0.3) is 0 Å². The number of carbonyl (C=O) groups excluding carboxylic acids is 1. The third-order valence-electron chi connectivity index (χ3n) is 2.78. The molecule has 0 saturated carbocycles. The number of anilines is 1. The van der Waals surface area contributed by atoms with Crippen molar-refractivity contribution in [2.45, 2.75) is 40.2 Å². The van der Waals surface area contributed by atoms with Crippen LogP contribution in [0.4, 0.5) is 9.93 Å². The molecular weight excluding hydrogens is 302 g/mol. The number of nitrogens with zero attached hydrogens (tertiary/aromatic N) is 2. The molecule has 22 heavy (non-hydrogen) atoms. The molecule has 1 amide bonds. The van der Waals surface area contributed by atoms with E-state index in [2.05, 4.69) is 4.98 Å². The summed E-state index contributed by atoms with van der Waals surface area (Å²) in [5, 5.41) is 1.70. The fraction of sp³-hybridized carbons (Fsp3) is 0.467. The number of ether oxygens (including phenoxy) is 1. The van der Waals surface area contributed by atoms with Gasteiger partial charge in [-0.05, 0) is 46.2 Å². The predicted octanol–water partition coefficient (Wildman–Crippen LogP) is 3.74. The summed E-state index contributed by atoms with van der Waals surface area (Å²) in [7, 11) is 0. The summed E-state index contributed by atoms with van der Waals surface area (Å²) >= 11 is 1.39. The second kappa shape index (κ2) is 6.00. The van der Waals surface area contributed by atoms with E-state index in [9.17, 15) is 4.79 Å². The highest BCUT2D eigenvalue weighted by Crippen LogP contribution is 2.31.